The largest absolute Gasteiger partial charge is 0.273 e. The first-order valence-electron chi connectivity index (χ1n) is 9.51. The van der Waals surface area contributed by atoms with Gasteiger partial charge in [-0.15, -0.1) is 0 Å². The Hall–Kier alpha value is -3.26. The third-order valence-corrected chi connectivity index (χ3v) is 5.38. The molecule has 2 heterocycles. The first kappa shape index (κ1) is 22.0. The summed E-state index contributed by atoms with van der Waals surface area (Å²) in [5.41, 5.74) is 1.36. The number of carbonyl (C=O) groups excluding carboxylic acids is 2. The lowest BCUT2D eigenvalue weighted by atomic mass is 9.67. The van der Waals surface area contributed by atoms with Crippen molar-refractivity contribution in [3.8, 4) is 12.1 Å². The van der Waals surface area contributed by atoms with Crippen LogP contribution in [0.2, 0.25) is 0 Å². The summed E-state index contributed by atoms with van der Waals surface area (Å²) in [6, 6.07) is 7.77. The van der Waals surface area contributed by atoms with Crippen molar-refractivity contribution in [2.24, 2.45) is 17.3 Å². The van der Waals surface area contributed by atoms with Gasteiger partial charge in [0.1, 0.15) is 5.41 Å². The maximum absolute atomic E-state index is 12.7. The molecule has 2 unspecified atom stereocenters. The smallest absolute Gasteiger partial charge is 0.247 e. The zero-order valence-corrected chi connectivity index (χ0v) is 17.7. The number of hydrogen-bond acceptors (Lipinski definition) is 6. The van der Waals surface area contributed by atoms with Gasteiger partial charge in [0.05, 0.1) is 23.5 Å². The quantitative estimate of drug-likeness (QED) is 0.741. The Kier molecular flexibility index (Phi) is 6.38. The molecular weight excluding hydrogens is 368 g/mol. The summed E-state index contributed by atoms with van der Waals surface area (Å²) in [5.74, 6) is -1.74. The Morgan fingerprint density at radius 2 is 1.24 bits per heavy atom. The van der Waals surface area contributed by atoms with Crippen molar-refractivity contribution >= 4 is 11.8 Å². The second-order valence-electron chi connectivity index (χ2n) is 7.77. The molecule has 152 valence electrons. The molecule has 0 saturated heterocycles. The first-order chi connectivity index (χ1) is 13.5. The number of hydrogen-bond donors (Lipinski definition) is 0. The maximum atomic E-state index is 12.7. The summed E-state index contributed by atoms with van der Waals surface area (Å²) in [5, 5.41) is 28.1. The Bertz CT molecular complexity index is 935. The van der Waals surface area contributed by atoms with Gasteiger partial charge in [-0.2, -0.15) is 20.7 Å². The summed E-state index contributed by atoms with van der Waals surface area (Å²) < 4.78 is 2.61. The van der Waals surface area contributed by atoms with E-state index >= 15 is 0 Å². The zero-order chi connectivity index (χ0) is 21.9. The van der Waals surface area contributed by atoms with Crippen LogP contribution in [0.4, 0.5) is 0 Å². The second-order valence-corrected chi connectivity index (χ2v) is 7.77. The van der Waals surface area contributed by atoms with Gasteiger partial charge in [-0.25, -0.2) is 9.36 Å². The molecule has 0 aliphatic carbocycles. The van der Waals surface area contributed by atoms with E-state index in [1.54, 1.807) is 53.7 Å². The molecule has 2 aromatic heterocycles. The van der Waals surface area contributed by atoms with Gasteiger partial charge in [-0.05, 0) is 51.7 Å². The van der Waals surface area contributed by atoms with Crippen LogP contribution in [0.5, 0.6) is 0 Å². The van der Waals surface area contributed by atoms with Gasteiger partial charge in [0.25, 0.3) is 0 Å². The summed E-state index contributed by atoms with van der Waals surface area (Å²) in [6.45, 7) is 10.5. The monoisotopic (exact) mass is 394 g/mol. The van der Waals surface area contributed by atoms with Crippen molar-refractivity contribution in [2.75, 3.05) is 0 Å². The van der Waals surface area contributed by atoms with E-state index < -0.39 is 17.3 Å². The average molecular weight is 394 g/mol. The van der Waals surface area contributed by atoms with E-state index in [9.17, 15) is 20.1 Å². The number of carbonyl (C=O) groups is 2. The van der Waals surface area contributed by atoms with Gasteiger partial charge in [-0.3, -0.25) is 9.59 Å². The van der Waals surface area contributed by atoms with E-state index in [-0.39, 0.29) is 24.7 Å². The fourth-order valence-electron chi connectivity index (χ4n) is 3.73. The molecule has 0 saturated carbocycles. The van der Waals surface area contributed by atoms with Crippen LogP contribution in [0.3, 0.4) is 0 Å². The van der Waals surface area contributed by atoms with E-state index in [1.165, 1.54) is 9.36 Å². The van der Waals surface area contributed by atoms with Crippen molar-refractivity contribution in [1.82, 2.24) is 19.6 Å². The van der Waals surface area contributed by atoms with Gasteiger partial charge < -0.3 is 0 Å². The van der Waals surface area contributed by atoms with Gasteiger partial charge >= 0.3 is 0 Å². The van der Waals surface area contributed by atoms with Crippen molar-refractivity contribution < 1.29 is 9.59 Å². The fourth-order valence-corrected chi connectivity index (χ4v) is 3.73. The van der Waals surface area contributed by atoms with E-state index in [2.05, 4.69) is 22.3 Å². The lowest BCUT2D eigenvalue weighted by molar-refractivity contribution is 0.0786. The number of aromatic nitrogens is 4. The summed E-state index contributed by atoms with van der Waals surface area (Å²) in [7, 11) is 0. The number of aryl methyl sites for hydroxylation is 4. The summed E-state index contributed by atoms with van der Waals surface area (Å²) >= 11 is 0. The highest BCUT2D eigenvalue weighted by Gasteiger charge is 2.44. The molecule has 0 amide bonds. The standard InChI is InChI=1S/C21H26N6O2/c1-13(7-19(28)26-17(5)9-15(3)24-26)21(11-22,12-23)14(2)8-20(29)27-18(6)10-16(4)25-27/h9-10,13-14H,7-8H2,1-6H3. The molecule has 0 aliphatic heterocycles. The lowest BCUT2D eigenvalue weighted by Crippen LogP contribution is -2.37. The Morgan fingerprint density at radius 3 is 1.48 bits per heavy atom. The third kappa shape index (κ3) is 4.27. The van der Waals surface area contributed by atoms with Crippen LogP contribution in [0.1, 0.15) is 59.1 Å². The van der Waals surface area contributed by atoms with Crippen LogP contribution in [-0.2, 0) is 0 Å². The molecule has 0 bridgehead atoms. The molecule has 2 atom stereocenters. The van der Waals surface area contributed by atoms with E-state index in [0.29, 0.717) is 11.4 Å². The molecule has 8 nitrogen and oxygen atoms in total. The van der Waals surface area contributed by atoms with Crippen LogP contribution < -0.4 is 0 Å². The molecule has 2 rings (SSSR count). The normalized spacial score (nSPS) is 13.4. The lowest BCUT2D eigenvalue weighted by Gasteiger charge is -2.31. The molecule has 0 aromatic carbocycles. The van der Waals surface area contributed by atoms with E-state index in [4.69, 9.17) is 0 Å². The predicted octanol–water partition coefficient (Wildman–Crippen LogP) is 3.38. The molecular formula is C21H26N6O2. The van der Waals surface area contributed by atoms with E-state index in [1.807, 2.05) is 0 Å². The molecule has 2 aromatic rings. The minimum Gasteiger partial charge on any atom is -0.273 e. The molecule has 0 aliphatic rings. The number of nitrogens with zero attached hydrogens (tertiary/aromatic N) is 6. The summed E-state index contributed by atoms with van der Waals surface area (Å²) in [6.07, 6.45) is -0.0525. The van der Waals surface area contributed by atoms with Gasteiger partial charge in [0, 0.05) is 24.2 Å². The average Bonchev–Trinajstić information content (AvgIpc) is 3.16. The summed E-state index contributed by atoms with van der Waals surface area (Å²) in [4.78, 5) is 25.4. The number of nitriles is 2. The highest BCUT2D eigenvalue weighted by Crippen LogP contribution is 2.39. The zero-order valence-electron chi connectivity index (χ0n) is 17.7. The molecule has 0 N–H and O–H groups in total. The molecule has 29 heavy (non-hydrogen) atoms. The van der Waals surface area contributed by atoms with Crippen LogP contribution in [0.25, 0.3) is 0 Å². The molecule has 0 spiro atoms. The van der Waals surface area contributed by atoms with Crippen LogP contribution in [-0.4, -0.2) is 31.4 Å². The Balaban J connectivity index is 2.23. The van der Waals surface area contributed by atoms with Crippen molar-refractivity contribution in [2.45, 2.75) is 54.4 Å². The molecule has 8 heteroatoms. The minimum absolute atomic E-state index is 0.0263. The minimum atomic E-state index is -1.49. The molecule has 0 fully saturated rings. The highest BCUT2D eigenvalue weighted by atomic mass is 16.2. The second kappa shape index (κ2) is 8.40. The van der Waals surface area contributed by atoms with Crippen LogP contribution >= 0.6 is 0 Å². The number of rotatable bonds is 6. The van der Waals surface area contributed by atoms with Crippen LogP contribution in [0, 0.1) is 67.6 Å². The van der Waals surface area contributed by atoms with Crippen LogP contribution in [0.15, 0.2) is 12.1 Å². The van der Waals surface area contributed by atoms with Gasteiger partial charge in [0.2, 0.25) is 11.8 Å². The maximum Gasteiger partial charge on any atom is 0.247 e. The first-order valence-corrected chi connectivity index (χ1v) is 9.51. The Labute approximate surface area is 170 Å². The van der Waals surface area contributed by atoms with Crippen molar-refractivity contribution in [3.05, 3.63) is 34.9 Å². The van der Waals surface area contributed by atoms with Crippen molar-refractivity contribution in [3.63, 3.8) is 0 Å². The highest BCUT2D eigenvalue weighted by molar-refractivity contribution is 5.80. The molecule has 0 radical (unpaired) electrons. The third-order valence-electron chi connectivity index (χ3n) is 5.38. The fraction of sp³-hybridized carbons (Fsp3) is 0.524. The van der Waals surface area contributed by atoms with E-state index in [0.717, 1.165) is 11.4 Å². The topological polar surface area (TPSA) is 117 Å². The van der Waals surface area contributed by atoms with Gasteiger partial charge in [0.15, 0.2) is 0 Å². The predicted molar refractivity (Wildman–Crippen MR) is 106 cm³/mol. The van der Waals surface area contributed by atoms with Gasteiger partial charge in [-0.1, -0.05) is 13.8 Å². The van der Waals surface area contributed by atoms with Crippen molar-refractivity contribution in [1.29, 1.82) is 10.5 Å². The Morgan fingerprint density at radius 1 is 0.897 bits per heavy atom. The SMILES string of the molecule is Cc1cc(C)n(C(=O)CC(C)C(C#N)(C#N)C(C)CC(=O)n2nc(C)cc2C)n1.